The number of nitrogens with one attached hydrogen (secondary N) is 1. The molecule has 2 aromatic carbocycles. The number of anilines is 2. The van der Waals surface area contributed by atoms with Gasteiger partial charge in [0, 0.05) is 35.8 Å². The van der Waals surface area contributed by atoms with Gasteiger partial charge in [-0.3, -0.25) is 10.2 Å². The van der Waals surface area contributed by atoms with Gasteiger partial charge in [-0.25, -0.2) is 18.0 Å². The third-order valence-electron chi connectivity index (χ3n) is 9.85. The van der Waals surface area contributed by atoms with E-state index in [0.29, 0.717) is 36.3 Å². The zero-order valence-corrected chi connectivity index (χ0v) is 30.6. The minimum Gasteiger partial charge on any atom is -0.461 e. The monoisotopic (exact) mass is 738 g/mol. The number of aliphatic hydroxyl groups is 1. The van der Waals surface area contributed by atoms with Gasteiger partial charge in [0.05, 0.1) is 35.6 Å². The Morgan fingerprint density at radius 3 is 2.81 bits per heavy atom. The molecular formula is C37H41F3N6O5S. The van der Waals surface area contributed by atoms with Crippen LogP contribution in [0.4, 0.5) is 28.8 Å². The number of nitriles is 1. The highest BCUT2D eigenvalue weighted by Gasteiger charge is 2.49. The van der Waals surface area contributed by atoms with E-state index in [4.69, 9.17) is 19.2 Å². The molecule has 52 heavy (non-hydrogen) atoms. The Balaban J connectivity index is 1.38. The van der Waals surface area contributed by atoms with E-state index in [0.717, 1.165) is 30.7 Å². The van der Waals surface area contributed by atoms with E-state index in [9.17, 15) is 19.6 Å². The summed E-state index contributed by atoms with van der Waals surface area (Å²) in [5.74, 6) is -1.07. The molecule has 0 spiro atoms. The first kappa shape index (κ1) is 36.1. The fourth-order valence-electron chi connectivity index (χ4n) is 7.76. The molecule has 0 unspecified atom stereocenters. The van der Waals surface area contributed by atoms with E-state index in [1.54, 1.807) is 40.7 Å². The second-order valence-corrected chi connectivity index (χ2v) is 16.3. The summed E-state index contributed by atoms with van der Waals surface area (Å²) in [6.45, 7) is 10.5. The van der Waals surface area contributed by atoms with Gasteiger partial charge < -0.3 is 24.2 Å². The number of alkyl halides is 1. The third-order valence-corrected chi connectivity index (χ3v) is 11.0. The highest BCUT2D eigenvalue weighted by molar-refractivity contribution is 7.23. The summed E-state index contributed by atoms with van der Waals surface area (Å²) >= 11 is 0.854. The molecule has 5 heterocycles. The van der Waals surface area contributed by atoms with Crippen LogP contribution in [-0.2, 0) is 9.47 Å². The fourth-order valence-corrected chi connectivity index (χ4v) is 8.82. The molecule has 3 fully saturated rings. The van der Waals surface area contributed by atoms with Crippen molar-refractivity contribution < 1.29 is 37.3 Å². The Bertz CT molecular complexity index is 2110. The van der Waals surface area contributed by atoms with Crippen LogP contribution in [0.1, 0.15) is 58.1 Å². The van der Waals surface area contributed by atoms with Crippen molar-refractivity contribution in [3.8, 4) is 23.2 Å². The molecule has 0 saturated carbocycles. The lowest BCUT2D eigenvalue weighted by atomic mass is 9.93. The van der Waals surface area contributed by atoms with Crippen molar-refractivity contribution in [2.75, 3.05) is 56.2 Å². The van der Waals surface area contributed by atoms with Crippen LogP contribution in [0.5, 0.6) is 6.01 Å². The first-order valence-electron chi connectivity index (χ1n) is 17.3. The van der Waals surface area contributed by atoms with Gasteiger partial charge in [0.15, 0.2) is 5.82 Å². The summed E-state index contributed by atoms with van der Waals surface area (Å²) in [5, 5.41) is 24.4. The van der Waals surface area contributed by atoms with Gasteiger partial charge in [-0.2, -0.15) is 15.2 Å². The molecule has 276 valence electrons. The molecule has 3 saturated heterocycles. The smallest absolute Gasteiger partial charge is 0.412 e. The van der Waals surface area contributed by atoms with Crippen LogP contribution < -0.4 is 15.0 Å². The SMILES string of the molecule is Cc1cc2c(N3CCOC[C@@](C)(O)C3)nc(OC[C@@]34CCCN3C[C@H](F)C4)nc2c(F)c1-c1ccc(F)c2sc(NC(=O)OC(C)(C)C)c(C#N)c12. The van der Waals surface area contributed by atoms with Gasteiger partial charge in [0.1, 0.15) is 52.2 Å². The van der Waals surface area contributed by atoms with Crippen molar-refractivity contribution in [3.63, 3.8) is 0 Å². The Morgan fingerprint density at radius 1 is 1.27 bits per heavy atom. The molecular weight excluding hydrogens is 698 g/mol. The molecule has 3 aliphatic rings. The minimum absolute atomic E-state index is 0.0402. The van der Waals surface area contributed by atoms with Gasteiger partial charge in [-0.1, -0.05) is 6.07 Å². The molecule has 11 nitrogen and oxygen atoms in total. The molecule has 2 aromatic heterocycles. The van der Waals surface area contributed by atoms with Crippen LogP contribution in [0.15, 0.2) is 18.2 Å². The molecule has 7 rings (SSSR count). The number of benzene rings is 2. The first-order chi connectivity index (χ1) is 24.6. The van der Waals surface area contributed by atoms with Crippen LogP contribution in [-0.4, -0.2) is 95.0 Å². The lowest BCUT2D eigenvalue weighted by molar-refractivity contribution is -0.0123. The number of thiophene rings is 1. The Kier molecular flexibility index (Phi) is 9.26. The summed E-state index contributed by atoms with van der Waals surface area (Å²) < 4.78 is 64.5. The highest BCUT2D eigenvalue weighted by atomic mass is 32.1. The minimum atomic E-state index is -1.23. The van der Waals surface area contributed by atoms with Crippen molar-refractivity contribution in [2.45, 2.75) is 76.8 Å². The molecule has 3 aliphatic heterocycles. The third kappa shape index (κ3) is 6.73. The predicted octanol–water partition coefficient (Wildman–Crippen LogP) is 6.86. The van der Waals surface area contributed by atoms with E-state index < -0.39 is 40.6 Å². The number of aryl methyl sites for hydroxylation is 1. The zero-order valence-electron chi connectivity index (χ0n) is 29.7. The lowest BCUT2D eigenvalue weighted by Crippen LogP contribution is -2.44. The van der Waals surface area contributed by atoms with E-state index in [2.05, 4.69) is 21.3 Å². The Hall–Kier alpha value is -4.23. The van der Waals surface area contributed by atoms with Crippen molar-refractivity contribution in [1.29, 1.82) is 5.26 Å². The molecule has 1 amide bonds. The molecule has 0 radical (unpaired) electrons. The quantitative estimate of drug-likeness (QED) is 0.216. The number of halogens is 3. The van der Waals surface area contributed by atoms with E-state index in [1.807, 2.05) is 4.90 Å². The van der Waals surface area contributed by atoms with Crippen LogP contribution >= 0.6 is 11.3 Å². The molecule has 2 N–H and O–H groups in total. The van der Waals surface area contributed by atoms with Gasteiger partial charge in [0.25, 0.3) is 0 Å². The number of β-amino-alcohol motifs (C(OH)–C–C–N with tert-alkyl or cyclic N) is 1. The van der Waals surface area contributed by atoms with E-state index in [1.165, 1.54) is 12.1 Å². The average molecular weight is 739 g/mol. The molecule has 15 heteroatoms. The zero-order chi connectivity index (χ0) is 37.2. The number of rotatable bonds is 6. The summed E-state index contributed by atoms with van der Waals surface area (Å²) in [4.78, 5) is 25.9. The van der Waals surface area contributed by atoms with Crippen LogP contribution in [0.2, 0.25) is 0 Å². The maximum Gasteiger partial charge on any atom is 0.412 e. The predicted molar refractivity (Wildman–Crippen MR) is 192 cm³/mol. The number of fused-ring (bicyclic) bond motifs is 3. The topological polar surface area (TPSA) is 133 Å². The molecule has 0 bridgehead atoms. The van der Waals surface area contributed by atoms with Crippen LogP contribution in [0, 0.1) is 29.9 Å². The van der Waals surface area contributed by atoms with Gasteiger partial charge in [0.2, 0.25) is 0 Å². The summed E-state index contributed by atoms with van der Waals surface area (Å²) in [6, 6.07) is 6.29. The number of aromatic nitrogens is 2. The number of nitrogens with zero attached hydrogens (tertiary/aromatic N) is 5. The number of hydrogen-bond acceptors (Lipinski definition) is 11. The largest absolute Gasteiger partial charge is 0.461 e. The number of hydrogen-bond donors (Lipinski definition) is 2. The lowest BCUT2D eigenvalue weighted by Gasteiger charge is -2.31. The second kappa shape index (κ2) is 13.3. The average Bonchev–Trinajstić information content (AvgIpc) is 3.67. The van der Waals surface area contributed by atoms with Crippen molar-refractivity contribution in [1.82, 2.24) is 14.9 Å². The normalized spacial score (nSPS) is 23.8. The van der Waals surface area contributed by atoms with Gasteiger partial charge in [-0.05, 0) is 77.3 Å². The van der Waals surface area contributed by atoms with Crippen molar-refractivity contribution in [3.05, 3.63) is 41.0 Å². The van der Waals surface area contributed by atoms with E-state index in [-0.39, 0.29) is 69.7 Å². The Labute approximate surface area is 303 Å². The maximum atomic E-state index is 17.3. The van der Waals surface area contributed by atoms with Crippen LogP contribution in [0.25, 0.3) is 32.1 Å². The number of ether oxygens (including phenoxy) is 3. The maximum absolute atomic E-state index is 17.3. The first-order valence-corrected chi connectivity index (χ1v) is 18.1. The number of carbonyl (C=O) groups excluding carboxylic acids is 1. The van der Waals surface area contributed by atoms with Gasteiger partial charge >= 0.3 is 12.1 Å². The molecule has 3 atom stereocenters. The fraction of sp³-hybridized carbons (Fsp3) is 0.514. The standard InChI is InChI=1S/C37H41F3N6O5S/c1-20-13-23-29(28(40)26(20)22-7-8-25(39)30-27(22)24(15-41)32(52-30)44-34(47)51-35(2,3)4)42-33(43-31(23)45-11-12-49-18-36(5,48)17-45)50-19-37-9-6-10-46(37)16-21(38)14-37/h7-8,13,21,48H,6,9-12,14,16-19H2,1-5H3,(H,44,47)/t21-,36+,37+/m1/s1. The summed E-state index contributed by atoms with van der Waals surface area (Å²) in [6.07, 6.45) is 0.201. The van der Waals surface area contributed by atoms with Crippen molar-refractivity contribution in [2.24, 2.45) is 0 Å². The number of amides is 1. The molecule has 4 aromatic rings. The second-order valence-electron chi connectivity index (χ2n) is 15.3. The summed E-state index contributed by atoms with van der Waals surface area (Å²) in [5.41, 5.74) is -1.93. The van der Waals surface area contributed by atoms with Crippen molar-refractivity contribution >= 4 is 49.2 Å². The van der Waals surface area contributed by atoms with E-state index >= 15 is 8.78 Å². The van der Waals surface area contributed by atoms with Gasteiger partial charge in [-0.15, -0.1) is 11.3 Å². The summed E-state index contributed by atoms with van der Waals surface area (Å²) in [7, 11) is 0. The Morgan fingerprint density at radius 2 is 2.06 bits per heavy atom. The van der Waals surface area contributed by atoms with Crippen LogP contribution in [0.3, 0.4) is 0 Å². The molecule has 0 aliphatic carbocycles. The highest BCUT2D eigenvalue weighted by Crippen LogP contribution is 2.46. The number of carbonyl (C=O) groups is 1.